The average Bonchev–Trinajstić information content (AvgIpc) is 3.60. The van der Waals surface area contributed by atoms with Crippen molar-refractivity contribution in [2.24, 2.45) is 7.05 Å². The maximum Gasteiger partial charge on any atom is 0.215 e. The van der Waals surface area contributed by atoms with Crippen molar-refractivity contribution in [2.45, 2.75) is 57.3 Å². The third-order valence-corrected chi connectivity index (χ3v) is 9.19. The summed E-state index contributed by atoms with van der Waals surface area (Å²) in [5.74, 6) is 1.31. The number of aryl methyl sites for hydroxylation is 1. The summed E-state index contributed by atoms with van der Waals surface area (Å²) in [7, 11) is 0.712. The SMILES string of the molecule is Cn1cc(Nc2cnc3ccc(N(COCC[Si](C)(C)C)c4nnc(C5CCCC5)s4)nc3c2)cn1. The molecule has 0 aromatic carbocycles. The first kappa shape index (κ1) is 24.8. The topological polar surface area (TPSA) is 93.9 Å². The monoisotopic (exact) mass is 522 g/mol. The molecule has 36 heavy (non-hydrogen) atoms. The van der Waals surface area contributed by atoms with Crippen LogP contribution in [-0.4, -0.2) is 51.4 Å². The number of nitrogens with zero attached hydrogens (tertiary/aromatic N) is 7. The molecule has 190 valence electrons. The lowest BCUT2D eigenvalue weighted by atomic mass is 10.1. The van der Waals surface area contributed by atoms with Crippen LogP contribution in [0.25, 0.3) is 11.0 Å². The summed E-state index contributed by atoms with van der Waals surface area (Å²) in [6.45, 7) is 8.21. The highest BCUT2D eigenvalue weighted by Gasteiger charge is 2.24. The molecule has 1 aliphatic carbocycles. The van der Waals surface area contributed by atoms with E-state index < -0.39 is 8.07 Å². The highest BCUT2D eigenvalue weighted by Crippen LogP contribution is 2.38. The van der Waals surface area contributed by atoms with Crippen molar-refractivity contribution in [2.75, 3.05) is 23.6 Å². The van der Waals surface area contributed by atoms with Gasteiger partial charge in [-0.1, -0.05) is 43.8 Å². The number of nitrogens with one attached hydrogen (secondary N) is 1. The summed E-state index contributed by atoms with van der Waals surface area (Å²) in [6.07, 6.45) is 10.5. The molecule has 9 nitrogen and oxygen atoms in total. The van der Waals surface area contributed by atoms with E-state index in [0.717, 1.165) is 51.0 Å². The smallest absolute Gasteiger partial charge is 0.215 e. The number of rotatable bonds is 10. The Bertz CT molecular complexity index is 1310. The zero-order valence-electron chi connectivity index (χ0n) is 21.4. The van der Waals surface area contributed by atoms with Gasteiger partial charge in [0, 0.05) is 33.8 Å². The molecule has 0 spiro atoms. The number of aromatic nitrogens is 6. The maximum atomic E-state index is 6.15. The molecule has 4 aromatic rings. The van der Waals surface area contributed by atoms with E-state index in [4.69, 9.17) is 9.72 Å². The van der Waals surface area contributed by atoms with Crippen molar-refractivity contribution in [3.63, 3.8) is 0 Å². The second-order valence-corrected chi connectivity index (χ2v) is 17.2. The molecule has 0 atom stereocenters. The normalized spacial score (nSPS) is 14.6. The zero-order chi connectivity index (χ0) is 25.1. The van der Waals surface area contributed by atoms with Crippen molar-refractivity contribution in [1.29, 1.82) is 0 Å². The fourth-order valence-corrected chi connectivity index (χ4v) is 6.06. The standard InChI is InChI=1S/C25H34N8OSSi/c1-32-16-20(15-27-32)28-19-13-22-21(26-14-19)9-10-23(29-22)33(17-34-11-12-36(2,3)4)25-31-30-24(35-25)18-7-5-6-8-18/h9-10,13-16,18,28H,5-8,11-12,17H2,1-4H3. The van der Waals surface area contributed by atoms with Crippen LogP contribution in [0.5, 0.6) is 0 Å². The number of ether oxygens (including phenoxy) is 1. The summed E-state index contributed by atoms with van der Waals surface area (Å²) in [6, 6.07) is 7.11. The first-order chi connectivity index (χ1) is 17.3. The van der Waals surface area contributed by atoms with E-state index in [-0.39, 0.29) is 0 Å². The summed E-state index contributed by atoms with van der Waals surface area (Å²) in [4.78, 5) is 11.6. The molecule has 1 N–H and O–H groups in total. The molecule has 0 amide bonds. The van der Waals surface area contributed by atoms with Gasteiger partial charge < -0.3 is 10.1 Å². The molecule has 11 heteroatoms. The second-order valence-electron chi connectivity index (χ2n) is 10.6. The molecule has 0 aliphatic heterocycles. The van der Waals surface area contributed by atoms with Gasteiger partial charge >= 0.3 is 0 Å². The molecule has 0 bridgehead atoms. The van der Waals surface area contributed by atoms with E-state index in [1.165, 1.54) is 25.7 Å². The molecular weight excluding hydrogens is 488 g/mol. The Balaban J connectivity index is 1.41. The predicted molar refractivity (Wildman–Crippen MR) is 148 cm³/mol. The average molecular weight is 523 g/mol. The van der Waals surface area contributed by atoms with Gasteiger partial charge in [0.1, 0.15) is 17.6 Å². The van der Waals surface area contributed by atoms with E-state index >= 15 is 0 Å². The van der Waals surface area contributed by atoms with Crippen LogP contribution in [0, 0.1) is 0 Å². The Morgan fingerprint density at radius 3 is 2.69 bits per heavy atom. The number of pyridine rings is 2. The molecule has 0 unspecified atom stereocenters. The van der Waals surface area contributed by atoms with Crippen LogP contribution in [-0.2, 0) is 11.8 Å². The van der Waals surface area contributed by atoms with Gasteiger partial charge in [0.05, 0.1) is 34.8 Å². The zero-order valence-corrected chi connectivity index (χ0v) is 23.3. The van der Waals surface area contributed by atoms with Crippen LogP contribution >= 0.6 is 11.3 Å². The van der Waals surface area contributed by atoms with Crippen LogP contribution in [0.1, 0.15) is 36.6 Å². The Kier molecular flexibility index (Phi) is 7.31. The Hall–Kier alpha value is -2.89. The molecule has 1 fully saturated rings. The fourth-order valence-electron chi connectivity index (χ4n) is 4.29. The van der Waals surface area contributed by atoms with Gasteiger partial charge in [0.2, 0.25) is 5.13 Å². The number of hydrogen-bond donors (Lipinski definition) is 1. The summed E-state index contributed by atoms with van der Waals surface area (Å²) in [5.41, 5.74) is 3.39. The predicted octanol–water partition coefficient (Wildman–Crippen LogP) is 6.07. The Morgan fingerprint density at radius 1 is 1.11 bits per heavy atom. The highest BCUT2D eigenvalue weighted by molar-refractivity contribution is 7.15. The second kappa shape index (κ2) is 10.6. The highest BCUT2D eigenvalue weighted by atomic mass is 32.1. The van der Waals surface area contributed by atoms with E-state index in [0.29, 0.717) is 12.6 Å². The summed E-state index contributed by atoms with van der Waals surface area (Å²) in [5, 5.41) is 18.6. The lowest BCUT2D eigenvalue weighted by molar-refractivity contribution is 0.153. The minimum Gasteiger partial charge on any atom is -0.361 e. The first-order valence-corrected chi connectivity index (χ1v) is 17.1. The van der Waals surface area contributed by atoms with E-state index in [2.05, 4.69) is 45.2 Å². The van der Waals surface area contributed by atoms with Gasteiger partial charge in [0.15, 0.2) is 0 Å². The minimum absolute atomic E-state index is 0.392. The number of fused-ring (bicyclic) bond motifs is 1. The van der Waals surface area contributed by atoms with Crippen molar-refractivity contribution in [3.05, 3.63) is 41.8 Å². The fraction of sp³-hybridized carbons (Fsp3) is 0.480. The Morgan fingerprint density at radius 2 is 1.94 bits per heavy atom. The van der Waals surface area contributed by atoms with E-state index in [9.17, 15) is 0 Å². The van der Waals surface area contributed by atoms with Crippen molar-refractivity contribution < 1.29 is 4.74 Å². The molecule has 0 radical (unpaired) electrons. The van der Waals surface area contributed by atoms with Gasteiger partial charge in [-0.2, -0.15) is 5.10 Å². The van der Waals surface area contributed by atoms with E-state index in [1.54, 1.807) is 22.2 Å². The number of hydrogen-bond acceptors (Lipinski definition) is 9. The van der Waals surface area contributed by atoms with Gasteiger partial charge in [-0.05, 0) is 37.1 Å². The maximum absolute atomic E-state index is 6.15. The van der Waals surface area contributed by atoms with Crippen LogP contribution in [0.2, 0.25) is 25.7 Å². The minimum atomic E-state index is -1.18. The largest absolute Gasteiger partial charge is 0.361 e. The summed E-state index contributed by atoms with van der Waals surface area (Å²) >= 11 is 1.66. The van der Waals surface area contributed by atoms with Crippen LogP contribution in [0.3, 0.4) is 0 Å². The van der Waals surface area contributed by atoms with Crippen LogP contribution in [0.15, 0.2) is 36.8 Å². The molecule has 4 aromatic heterocycles. The molecule has 0 saturated heterocycles. The van der Waals surface area contributed by atoms with Crippen molar-refractivity contribution in [3.8, 4) is 0 Å². The van der Waals surface area contributed by atoms with Crippen molar-refractivity contribution in [1.82, 2.24) is 29.9 Å². The van der Waals surface area contributed by atoms with E-state index in [1.807, 2.05) is 42.5 Å². The number of anilines is 4. The summed E-state index contributed by atoms with van der Waals surface area (Å²) < 4.78 is 7.91. The molecule has 4 heterocycles. The third-order valence-electron chi connectivity index (χ3n) is 6.37. The third kappa shape index (κ3) is 6.08. The Labute approximate surface area is 216 Å². The first-order valence-electron chi connectivity index (χ1n) is 12.6. The van der Waals surface area contributed by atoms with Gasteiger partial charge in [-0.3, -0.25) is 14.6 Å². The van der Waals surface area contributed by atoms with Crippen LogP contribution in [0.4, 0.5) is 22.3 Å². The van der Waals surface area contributed by atoms with Gasteiger partial charge in [-0.15, -0.1) is 10.2 Å². The van der Waals surface area contributed by atoms with Gasteiger partial charge in [0.25, 0.3) is 0 Å². The van der Waals surface area contributed by atoms with Crippen molar-refractivity contribution >= 4 is 52.8 Å². The molecular formula is C25H34N8OSSi. The van der Waals surface area contributed by atoms with Crippen LogP contribution < -0.4 is 10.2 Å². The molecule has 1 aliphatic rings. The van der Waals surface area contributed by atoms with Gasteiger partial charge in [-0.25, -0.2) is 4.98 Å². The lowest BCUT2D eigenvalue weighted by Gasteiger charge is -2.22. The molecule has 5 rings (SSSR count). The molecule has 1 saturated carbocycles. The lowest BCUT2D eigenvalue weighted by Crippen LogP contribution is -2.26. The quantitative estimate of drug-likeness (QED) is 0.152.